The molecular weight excluding hydrogens is 244 g/mol. The van der Waals surface area contributed by atoms with Gasteiger partial charge in [-0.3, -0.25) is 4.79 Å². The summed E-state index contributed by atoms with van der Waals surface area (Å²) in [6, 6.07) is 6.28. The molecule has 0 aliphatic carbocycles. The summed E-state index contributed by atoms with van der Waals surface area (Å²) in [6.07, 6.45) is 1.45. The molecule has 0 unspecified atom stereocenters. The van der Waals surface area contributed by atoms with Gasteiger partial charge in [0, 0.05) is 10.9 Å². The van der Waals surface area contributed by atoms with E-state index in [0.29, 0.717) is 5.39 Å². The van der Waals surface area contributed by atoms with Gasteiger partial charge in [-0.05, 0) is 25.0 Å². The van der Waals surface area contributed by atoms with Crippen molar-refractivity contribution in [2.24, 2.45) is 0 Å². The molecular formula is C14H12N2OS. The fourth-order valence-electron chi connectivity index (χ4n) is 2.11. The van der Waals surface area contributed by atoms with Crippen molar-refractivity contribution in [3.8, 4) is 11.1 Å². The molecule has 0 radical (unpaired) electrons. The van der Waals surface area contributed by atoms with Gasteiger partial charge in [0.25, 0.3) is 5.56 Å². The average Bonchev–Trinajstić information content (AvgIpc) is 2.77. The monoisotopic (exact) mass is 256 g/mol. The number of aromatic nitrogens is 2. The number of aromatic amines is 1. The summed E-state index contributed by atoms with van der Waals surface area (Å²) in [5.74, 6) is 0. The minimum Gasteiger partial charge on any atom is -0.313 e. The molecule has 3 rings (SSSR count). The maximum Gasteiger partial charge on any atom is 0.260 e. The molecule has 0 aliphatic heterocycles. The van der Waals surface area contributed by atoms with Crippen LogP contribution in [0.25, 0.3) is 21.3 Å². The standard InChI is InChI=1S/C14H12N2OS/c1-8-3-4-9(2)10(5-8)11-6-18-14-12(11)13(17)15-7-16-14/h3-7H,1-2H3,(H,15,16,17). The van der Waals surface area contributed by atoms with Gasteiger partial charge < -0.3 is 4.98 Å². The van der Waals surface area contributed by atoms with Crippen LogP contribution in [0.1, 0.15) is 11.1 Å². The largest absolute Gasteiger partial charge is 0.313 e. The molecule has 2 aromatic heterocycles. The lowest BCUT2D eigenvalue weighted by atomic mass is 9.99. The van der Waals surface area contributed by atoms with Crippen molar-refractivity contribution in [3.63, 3.8) is 0 Å². The lowest BCUT2D eigenvalue weighted by Crippen LogP contribution is -2.05. The summed E-state index contributed by atoms with van der Waals surface area (Å²) >= 11 is 1.51. The van der Waals surface area contributed by atoms with Gasteiger partial charge >= 0.3 is 0 Å². The Labute approximate surface area is 108 Å². The number of nitrogens with one attached hydrogen (secondary N) is 1. The Morgan fingerprint density at radius 3 is 2.89 bits per heavy atom. The molecule has 1 aromatic carbocycles. The Morgan fingerprint density at radius 1 is 1.22 bits per heavy atom. The van der Waals surface area contributed by atoms with Gasteiger partial charge in [-0.2, -0.15) is 0 Å². The third-order valence-corrected chi connectivity index (χ3v) is 3.95. The summed E-state index contributed by atoms with van der Waals surface area (Å²) in [6.45, 7) is 4.11. The van der Waals surface area contributed by atoms with Crippen molar-refractivity contribution < 1.29 is 0 Å². The number of hydrogen-bond acceptors (Lipinski definition) is 3. The van der Waals surface area contributed by atoms with Gasteiger partial charge in [-0.1, -0.05) is 23.8 Å². The number of fused-ring (bicyclic) bond motifs is 1. The molecule has 90 valence electrons. The van der Waals surface area contributed by atoms with Crippen LogP contribution in [0, 0.1) is 13.8 Å². The van der Waals surface area contributed by atoms with Gasteiger partial charge in [0.2, 0.25) is 0 Å². The number of benzene rings is 1. The molecule has 3 nitrogen and oxygen atoms in total. The third-order valence-electron chi connectivity index (χ3n) is 3.06. The van der Waals surface area contributed by atoms with Crippen molar-refractivity contribution in [2.75, 3.05) is 0 Å². The molecule has 0 aliphatic rings. The molecule has 2 heterocycles. The molecule has 4 heteroatoms. The van der Waals surface area contributed by atoms with Gasteiger partial charge in [0.05, 0.1) is 11.7 Å². The summed E-state index contributed by atoms with van der Waals surface area (Å²) in [5, 5.41) is 2.70. The van der Waals surface area contributed by atoms with Gasteiger partial charge in [0.15, 0.2) is 0 Å². The van der Waals surface area contributed by atoms with Crippen LogP contribution >= 0.6 is 11.3 Å². The van der Waals surface area contributed by atoms with Crippen LogP contribution in [0.15, 0.2) is 34.7 Å². The number of thiophene rings is 1. The summed E-state index contributed by atoms with van der Waals surface area (Å²) in [5.41, 5.74) is 4.38. The van der Waals surface area contributed by atoms with E-state index in [1.54, 1.807) is 0 Å². The summed E-state index contributed by atoms with van der Waals surface area (Å²) < 4.78 is 0. The quantitative estimate of drug-likeness (QED) is 0.726. The zero-order valence-corrected chi connectivity index (χ0v) is 11.0. The molecule has 1 N–H and O–H groups in total. The average molecular weight is 256 g/mol. The van der Waals surface area contributed by atoms with E-state index in [1.165, 1.54) is 28.8 Å². The first-order valence-corrected chi connectivity index (χ1v) is 6.57. The van der Waals surface area contributed by atoms with Crippen LogP contribution in [-0.2, 0) is 0 Å². The molecule has 0 atom stereocenters. The maximum atomic E-state index is 11.9. The van der Waals surface area contributed by atoms with E-state index < -0.39 is 0 Å². The van der Waals surface area contributed by atoms with E-state index in [1.807, 2.05) is 5.38 Å². The molecule has 0 saturated carbocycles. The number of hydrogen-bond donors (Lipinski definition) is 1. The first-order valence-electron chi connectivity index (χ1n) is 5.69. The highest BCUT2D eigenvalue weighted by atomic mass is 32.1. The van der Waals surface area contributed by atoms with Crippen molar-refractivity contribution in [2.45, 2.75) is 13.8 Å². The Kier molecular flexibility index (Phi) is 2.52. The van der Waals surface area contributed by atoms with Crippen LogP contribution in [0.5, 0.6) is 0 Å². The topological polar surface area (TPSA) is 45.8 Å². The number of H-pyrrole nitrogens is 1. The minimum absolute atomic E-state index is 0.0721. The molecule has 0 fully saturated rings. The number of rotatable bonds is 1. The fourth-order valence-corrected chi connectivity index (χ4v) is 3.02. The van der Waals surface area contributed by atoms with Crippen molar-refractivity contribution in [1.29, 1.82) is 0 Å². The molecule has 0 saturated heterocycles. The Balaban J connectivity index is 2.39. The second kappa shape index (κ2) is 4.07. The van der Waals surface area contributed by atoms with Crippen LogP contribution in [0.3, 0.4) is 0 Å². The normalized spacial score (nSPS) is 11.0. The molecule has 0 amide bonds. The van der Waals surface area contributed by atoms with Crippen LogP contribution in [0.4, 0.5) is 0 Å². The highest BCUT2D eigenvalue weighted by Gasteiger charge is 2.12. The van der Waals surface area contributed by atoms with Crippen LogP contribution in [0.2, 0.25) is 0 Å². The van der Waals surface area contributed by atoms with Crippen molar-refractivity contribution in [1.82, 2.24) is 9.97 Å². The van der Waals surface area contributed by atoms with E-state index in [4.69, 9.17) is 0 Å². The smallest absolute Gasteiger partial charge is 0.260 e. The molecule has 0 bridgehead atoms. The molecule has 0 spiro atoms. The Bertz CT molecular complexity index is 786. The lowest BCUT2D eigenvalue weighted by Gasteiger charge is -2.05. The van der Waals surface area contributed by atoms with Crippen LogP contribution < -0.4 is 5.56 Å². The number of nitrogens with zero attached hydrogens (tertiary/aromatic N) is 1. The van der Waals surface area contributed by atoms with E-state index in [0.717, 1.165) is 16.0 Å². The van der Waals surface area contributed by atoms with E-state index in [-0.39, 0.29) is 5.56 Å². The van der Waals surface area contributed by atoms with E-state index >= 15 is 0 Å². The van der Waals surface area contributed by atoms with E-state index in [2.05, 4.69) is 42.0 Å². The second-order valence-corrected chi connectivity index (χ2v) is 5.24. The SMILES string of the molecule is Cc1ccc(C)c(-c2csc3nc[nH]c(=O)c23)c1. The first kappa shape index (κ1) is 11.2. The summed E-state index contributed by atoms with van der Waals surface area (Å²) in [4.78, 5) is 19.6. The van der Waals surface area contributed by atoms with E-state index in [9.17, 15) is 4.79 Å². The van der Waals surface area contributed by atoms with Gasteiger partial charge in [0.1, 0.15) is 4.83 Å². The summed E-state index contributed by atoms with van der Waals surface area (Å²) in [7, 11) is 0. The zero-order valence-electron chi connectivity index (χ0n) is 10.2. The highest BCUT2D eigenvalue weighted by molar-refractivity contribution is 7.17. The maximum absolute atomic E-state index is 11.9. The number of aryl methyl sites for hydroxylation is 2. The van der Waals surface area contributed by atoms with Crippen LogP contribution in [-0.4, -0.2) is 9.97 Å². The molecule has 18 heavy (non-hydrogen) atoms. The predicted octanol–water partition coefficient (Wildman–Crippen LogP) is 3.27. The fraction of sp³-hybridized carbons (Fsp3) is 0.143. The first-order chi connectivity index (χ1) is 8.66. The Morgan fingerprint density at radius 2 is 2.06 bits per heavy atom. The van der Waals surface area contributed by atoms with Crippen molar-refractivity contribution in [3.05, 3.63) is 51.4 Å². The zero-order chi connectivity index (χ0) is 12.7. The van der Waals surface area contributed by atoms with Gasteiger partial charge in [-0.15, -0.1) is 11.3 Å². The predicted molar refractivity (Wildman–Crippen MR) is 75.2 cm³/mol. The minimum atomic E-state index is -0.0721. The molecule has 3 aromatic rings. The third kappa shape index (κ3) is 1.66. The highest BCUT2D eigenvalue weighted by Crippen LogP contribution is 2.32. The lowest BCUT2D eigenvalue weighted by molar-refractivity contribution is 1.18. The van der Waals surface area contributed by atoms with Gasteiger partial charge in [-0.25, -0.2) is 4.98 Å². The Hall–Kier alpha value is -1.94. The second-order valence-electron chi connectivity index (χ2n) is 4.38. The van der Waals surface area contributed by atoms with Crippen molar-refractivity contribution >= 4 is 21.6 Å².